The zero-order valence-electron chi connectivity index (χ0n) is 20.7. The number of carbonyl (C=O) groups excluding carboxylic acids is 3. The average Bonchev–Trinajstić information content (AvgIpc) is 3.29. The predicted octanol–water partition coefficient (Wildman–Crippen LogP) is 5.60. The van der Waals surface area contributed by atoms with E-state index in [0.717, 1.165) is 43.3 Å². The van der Waals surface area contributed by atoms with Crippen LogP contribution >= 0.6 is 0 Å². The summed E-state index contributed by atoms with van der Waals surface area (Å²) in [6, 6.07) is 0. The standard InChI is InChI=1S/C28H36O6/c1-27(2,26(32)33)17-7-5-9-20-11-13-22(24(20)30)15-16-23-14-12-21(25(23)31)10-6-8-18-28(3,4)34-19-29/h11-16,19H,5-10,17-18H2,1-4H3,(H,32,33)/b16-15-. The third-order valence-corrected chi connectivity index (χ3v) is 6.40. The summed E-state index contributed by atoms with van der Waals surface area (Å²) in [4.78, 5) is 47.0. The number of unbranched alkanes of at least 4 members (excludes halogenated alkanes) is 2. The van der Waals surface area contributed by atoms with Gasteiger partial charge in [-0.3, -0.25) is 19.2 Å². The Bertz CT molecular complexity index is 969. The van der Waals surface area contributed by atoms with Gasteiger partial charge in [-0.05, 0) is 72.6 Å². The summed E-state index contributed by atoms with van der Waals surface area (Å²) in [6.07, 6.45) is 16.4. The van der Waals surface area contributed by atoms with E-state index in [0.29, 0.717) is 36.9 Å². The summed E-state index contributed by atoms with van der Waals surface area (Å²) >= 11 is 0. The Morgan fingerprint density at radius 2 is 1.29 bits per heavy atom. The van der Waals surface area contributed by atoms with Gasteiger partial charge in [0.2, 0.25) is 0 Å². The number of hydrogen-bond donors (Lipinski definition) is 1. The fraction of sp³-hybridized carbons (Fsp3) is 0.500. The second kappa shape index (κ2) is 11.9. The molecule has 0 saturated heterocycles. The van der Waals surface area contributed by atoms with E-state index < -0.39 is 17.0 Å². The normalized spacial score (nSPS) is 16.5. The number of ether oxygens (including phenoxy) is 1. The van der Waals surface area contributed by atoms with Crippen molar-refractivity contribution in [2.75, 3.05) is 0 Å². The first kappa shape index (κ1) is 27.2. The first-order chi connectivity index (χ1) is 16.0. The summed E-state index contributed by atoms with van der Waals surface area (Å²) in [5.74, 6) is -0.854. The molecule has 0 aromatic heterocycles. The Hall–Kier alpha value is -3.02. The van der Waals surface area contributed by atoms with Crippen LogP contribution in [-0.4, -0.2) is 34.7 Å². The van der Waals surface area contributed by atoms with Gasteiger partial charge in [-0.1, -0.05) is 42.9 Å². The topological polar surface area (TPSA) is 97.7 Å². The molecule has 0 fully saturated rings. The lowest BCUT2D eigenvalue weighted by Crippen LogP contribution is -2.23. The van der Waals surface area contributed by atoms with E-state index in [1.54, 1.807) is 38.2 Å². The minimum Gasteiger partial charge on any atom is -0.481 e. The molecular weight excluding hydrogens is 432 g/mol. The van der Waals surface area contributed by atoms with Gasteiger partial charge in [-0.2, -0.15) is 0 Å². The van der Waals surface area contributed by atoms with Crippen LogP contribution in [0.1, 0.15) is 79.1 Å². The van der Waals surface area contributed by atoms with E-state index in [9.17, 15) is 24.3 Å². The van der Waals surface area contributed by atoms with Crippen LogP contribution in [0.2, 0.25) is 0 Å². The number of ketones is 2. The number of carboxylic acid groups (broad SMARTS) is 1. The molecule has 0 bridgehead atoms. The van der Waals surface area contributed by atoms with Gasteiger partial charge in [-0.15, -0.1) is 0 Å². The van der Waals surface area contributed by atoms with Crippen molar-refractivity contribution in [2.24, 2.45) is 5.41 Å². The molecule has 184 valence electrons. The van der Waals surface area contributed by atoms with Crippen molar-refractivity contribution in [3.63, 3.8) is 0 Å². The second-order valence-corrected chi connectivity index (χ2v) is 10.2. The average molecular weight is 469 g/mol. The van der Waals surface area contributed by atoms with Crippen LogP contribution in [0, 0.1) is 5.41 Å². The first-order valence-corrected chi connectivity index (χ1v) is 11.9. The summed E-state index contributed by atoms with van der Waals surface area (Å²) in [5, 5.41) is 9.19. The maximum Gasteiger partial charge on any atom is 0.309 e. The zero-order chi connectivity index (χ0) is 25.4. The number of rotatable bonds is 15. The highest BCUT2D eigenvalue weighted by molar-refractivity contribution is 6.15. The van der Waals surface area contributed by atoms with Crippen molar-refractivity contribution < 1.29 is 29.0 Å². The van der Waals surface area contributed by atoms with Gasteiger partial charge in [0.05, 0.1) is 5.41 Å². The summed E-state index contributed by atoms with van der Waals surface area (Å²) < 4.78 is 5.05. The molecule has 0 aliphatic heterocycles. The molecule has 0 atom stereocenters. The molecule has 0 unspecified atom stereocenters. The molecule has 2 aliphatic rings. The molecule has 2 aliphatic carbocycles. The fourth-order valence-electron chi connectivity index (χ4n) is 3.93. The molecule has 0 spiro atoms. The molecule has 34 heavy (non-hydrogen) atoms. The van der Waals surface area contributed by atoms with E-state index in [2.05, 4.69) is 0 Å². The van der Waals surface area contributed by atoms with Crippen molar-refractivity contribution in [3.05, 3.63) is 58.7 Å². The Labute approximate surface area is 202 Å². The lowest BCUT2D eigenvalue weighted by molar-refractivity contribution is -0.147. The highest BCUT2D eigenvalue weighted by atomic mass is 16.5. The van der Waals surface area contributed by atoms with E-state index >= 15 is 0 Å². The van der Waals surface area contributed by atoms with E-state index in [1.165, 1.54) is 0 Å². The quantitative estimate of drug-likeness (QED) is 0.248. The minimum atomic E-state index is -0.806. The smallest absolute Gasteiger partial charge is 0.309 e. The Morgan fingerprint density at radius 3 is 1.74 bits per heavy atom. The number of carboxylic acids is 1. The summed E-state index contributed by atoms with van der Waals surface area (Å²) in [6.45, 7) is 7.63. The van der Waals surface area contributed by atoms with Crippen LogP contribution < -0.4 is 0 Å². The second-order valence-electron chi connectivity index (χ2n) is 10.2. The summed E-state index contributed by atoms with van der Waals surface area (Å²) in [7, 11) is 0. The third kappa shape index (κ3) is 7.79. The van der Waals surface area contributed by atoms with Gasteiger partial charge in [0.15, 0.2) is 11.6 Å². The van der Waals surface area contributed by atoms with Gasteiger partial charge >= 0.3 is 5.97 Å². The fourth-order valence-corrected chi connectivity index (χ4v) is 3.93. The van der Waals surface area contributed by atoms with Gasteiger partial charge in [-0.25, -0.2) is 0 Å². The summed E-state index contributed by atoms with van der Waals surface area (Å²) in [5.41, 5.74) is 1.35. The Balaban J connectivity index is 1.73. The van der Waals surface area contributed by atoms with Crippen LogP contribution in [0.3, 0.4) is 0 Å². The molecule has 0 heterocycles. The zero-order valence-corrected chi connectivity index (χ0v) is 20.7. The minimum absolute atomic E-state index is 0.0140. The lowest BCUT2D eigenvalue weighted by Gasteiger charge is -2.22. The molecule has 1 N–H and O–H groups in total. The van der Waals surface area contributed by atoms with Crippen LogP contribution in [0.15, 0.2) is 58.7 Å². The monoisotopic (exact) mass is 468 g/mol. The van der Waals surface area contributed by atoms with E-state index in [-0.39, 0.29) is 11.6 Å². The largest absolute Gasteiger partial charge is 0.481 e. The molecule has 0 aromatic rings. The number of carbonyl (C=O) groups is 4. The number of hydrogen-bond acceptors (Lipinski definition) is 5. The van der Waals surface area contributed by atoms with Crippen LogP contribution in [-0.2, 0) is 23.9 Å². The van der Waals surface area contributed by atoms with Crippen LogP contribution in [0.25, 0.3) is 0 Å². The van der Waals surface area contributed by atoms with Crippen molar-refractivity contribution in [1.82, 2.24) is 0 Å². The van der Waals surface area contributed by atoms with E-state index in [4.69, 9.17) is 4.74 Å². The molecular formula is C28H36O6. The molecule has 0 aromatic carbocycles. The predicted molar refractivity (Wildman–Crippen MR) is 131 cm³/mol. The first-order valence-electron chi connectivity index (χ1n) is 11.9. The number of aliphatic carboxylic acids is 1. The highest BCUT2D eigenvalue weighted by Crippen LogP contribution is 2.28. The van der Waals surface area contributed by atoms with Gasteiger partial charge < -0.3 is 9.84 Å². The Kier molecular flexibility index (Phi) is 9.54. The molecule has 2 rings (SSSR count). The maximum atomic E-state index is 12.6. The maximum absolute atomic E-state index is 12.6. The Morgan fingerprint density at radius 1 is 0.824 bits per heavy atom. The molecule has 6 nitrogen and oxygen atoms in total. The lowest BCUT2D eigenvalue weighted by atomic mass is 9.86. The number of Topliss-reactive ketones (excluding diaryl/α,β-unsaturated/α-hetero) is 2. The van der Waals surface area contributed by atoms with Crippen LogP contribution in [0.5, 0.6) is 0 Å². The van der Waals surface area contributed by atoms with Gasteiger partial charge in [0.1, 0.15) is 5.60 Å². The third-order valence-electron chi connectivity index (χ3n) is 6.40. The molecule has 6 heteroatoms. The van der Waals surface area contributed by atoms with E-state index in [1.807, 2.05) is 26.0 Å². The van der Waals surface area contributed by atoms with Crippen molar-refractivity contribution in [2.45, 2.75) is 84.7 Å². The van der Waals surface area contributed by atoms with Crippen molar-refractivity contribution in [3.8, 4) is 0 Å². The van der Waals surface area contributed by atoms with Crippen molar-refractivity contribution >= 4 is 24.0 Å². The number of allylic oxidation sites excluding steroid dienone is 10. The van der Waals surface area contributed by atoms with Gasteiger partial charge in [0, 0.05) is 22.3 Å². The van der Waals surface area contributed by atoms with Crippen molar-refractivity contribution in [1.29, 1.82) is 0 Å². The molecule has 0 amide bonds. The van der Waals surface area contributed by atoms with Crippen LogP contribution in [0.4, 0.5) is 0 Å². The SMILES string of the molecule is CC(C)(CCCCC1=CC=C(/C=C\C2=CC=C(CCCCC(C)(C)C(=O)O)C2=O)C1=O)OC=O. The highest BCUT2D eigenvalue weighted by Gasteiger charge is 2.26. The molecule has 0 radical (unpaired) electrons. The van der Waals surface area contributed by atoms with Gasteiger partial charge in [0.25, 0.3) is 6.47 Å². The molecule has 0 saturated carbocycles.